The molecule has 2 atom stereocenters. The molecule has 1 rings (SSSR count). The maximum absolute atomic E-state index is 5.66. The molecule has 0 saturated heterocycles. The Morgan fingerprint density at radius 1 is 1.32 bits per heavy atom. The van der Waals surface area contributed by atoms with Crippen LogP contribution in [0.3, 0.4) is 0 Å². The Balaban J connectivity index is 2.83. The number of ether oxygens (including phenoxy) is 1. The van der Waals surface area contributed by atoms with E-state index in [4.69, 9.17) is 4.74 Å². The van der Waals surface area contributed by atoms with Gasteiger partial charge in [-0.05, 0) is 40.2 Å². The maximum Gasteiger partial charge on any atom is 0.157 e. The molecule has 0 saturated carbocycles. The Bertz CT molecular complexity index is 382. The first-order valence-electron chi connectivity index (χ1n) is 7.32. The Morgan fingerprint density at radius 3 is 2.58 bits per heavy atom. The van der Waals surface area contributed by atoms with Crippen molar-refractivity contribution in [1.29, 1.82) is 0 Å². The Morgan fingerprint density at radius 2 is 2.05 bits per heavy atom. The fourth-order valence-electron chi connectivity index (χ4n) is 2.12. The average molecular weight is 265 g/mol. The highest BCUT2D eigenvalue weighted by Crippen LogP contribution is 2.20. The van der Waals surface area contributed by atoms with Crippen molar-refractivity contribution in [3.63, 3.8) is 0 Å². The molecule has 4 nitrogen and oxygen atoms in total. The lowest BCUT2D eigenvalue weighted by molar-refractivity contribution is 0.0533. The zero-order chi connectivity index (χ0) is 14.3. The van der Waals surface area contributed by atoms with Crippen molar-refractivity contribution in [3.8, 4) is 0 Å². The molecule has 1 heterocycles. The van der Waals surface area contributed by atoms with Crippen molar-refractivity contribution in [3.05, 3.63) is 23.3 Å². The summed E-state index contributed by atoms with van der Waals surface area (Å²) >= 11 is 0. The van der Waals surface area contributed by atoms with Crippen molar-refractivity contribution < 1.29 is 4.74 Å². The van der Waals surface area contributed by atoms with Crippen LogP contribution in [0.15, 0.2) is 6.20 Å². The summed E-state index contributed by atoms with van der Waals surface area (Å²) in [6.45, 7) is 12.2. The number of hydrogen-bond acceptors (Lipinski definition) is 4. The van der Waals surface area contributed by atoms with Crippen LogP contribution in [0, 0.1) is 6.92 Å². The average Bonchev–Trinajstić information content (AvgIpc) is 2.42. The number of hydrogen-bond donors (Lipinski definition) is 1. The molecule has 1 aromatic heterocycles. The van der Waals surface area contributed by atoms with Crippen LogP contribution >= 0.6 is 0 Å². The summed E-state index contributed by atoms with van der Waals surface area (Å²) in [5, 5.41) is 3.47. The van der Waals surface area contributed by atoms with Crippen LogP contribution in [0.5, 0.6) is 0 Å². The van der Waals surface area contributed by atoms with Crippen LogP contribution in [-0.4, -0.2) is 23.1 Å². The SMILES string of the molecule is CCCNC(C)c1cnc(C(CC)OCC)nc1C. The topological polar surface area (TPSA) is 47.0 Å². The molecule has 0 aliphatic carbocycles. The van der Waals surface area contributed by atoms with E-state index in [0.717, 1.165) is 30.9 Å². The summed E-state index contributed by atoms with van der Waals surface area (Å²) in [6, 6.07) is 0.293. The Kier molecular flexibility index (Phi) is 6.95. The Hall–Kier alpha value is -1.00. The van der Waals surface area contributed by atoms with Crippen LogP contribution in [-0.2, 0) is 4.74 Å². The van der Waals surface area contributed by atoms with Gasteiger partial charge >= 0.3 is 0 Å². The third kappa shape index (κ3) is 4.55. The second-order valence-corrected chi connectivity index (χ2v) is 4.80. The van der Waals surface area contributed by atoms with E-state index in [1.165, 1.54) is 5.56 Å². The van der Waals surface area contributed by atoms with Gasteiger partial charge in [0.2, 0.25) is 0 Å². The highest BCUT2D eigenvalue weighted by atomic mass is 16.5. The molecule has 1 N–H and O–H groups in total. The van der Waals surface area contributed by atoms with Crippen LogP contribution in [0.25, 0.3) is 0 Å². The highest BCUT2D eigenvalue weighted by Gasteiger charge is 2.15. The molecule has 1 aromatic rings. The largest absolute Gasteiger partial charge is 0.371 e. The number of aromatic nitrogens is 2. The summed E-state index contributed by atoms with van der Waals surface area (Å²) in [6.07, 6.45) is 3.98. The zero-order valence-electron chi connectivity index (χ0n) is 12.9. The van der Waals surface area contributed by atoms with E-state index >= 15 is 0 Å². The van der Waals surface area contributed by atoms with Gasteiger partial charge in [-0.25, -0.2) is 9.97 Å². The number of aryl methyl sites for hydroxylation is 1. The van der Waals surface area contributed by atoms with E-state index in [1.54, 1.807) is 0 Å². The third-order valence-corrected chi connectivity index (χ3v) is 3.23. The van der Waals surface area contributed by atoms with Gasteiger partial charge in [-0.15, -0.1) is 0 Å². The molecule has 0 spiro atoms. The van der Waals surface area contributed by atoms with Gasteiger partial charge in [0.05, 0.1) is 0 Å². The minimum atomic E-state index is 0.0108. The van der Waals surface area contributed by atoms with Gasteiger partial charge in [-0.1, -0.05) is 13.8 Å². The standard InChI is InChI=1S/C15H27N3O/c1-6-9-16-11(4)13-10-17-15(18-12(13)5)14(7-2)19-8-3/h10-11,14,16H,6-9H2,1-5H3. The smallest absolute Gasteiger partial charge is 0.157 e. The normalized spacial score (nSPS) is 14.4. The van der Waals surface area contributed by atoms with E-state index < -0.39 is 0 Å². The third-order valence-electron chi connectivity index (χ3n) is 3.23. The number of nitrogens with one attached hydrogen (secondary N) is 1. The van der Waals surface area contributed by atoms with E-state index in [-0.39, 0.29) is 6.10 Å². The fourth-order valence-corrected chi connectivity index (χ4v) is 2.12. The second kappa shape index (κ2) is 8.23. The zero-order valence-corrected chi connectivity index (χ0v) is 12.9. The van der Waals surface area contributed by atoms with Gasteiger partial charge in [0, 0.05) is 30.1 Å². The fraction of sp³-hybridized carbons (Fsp3) is 0.733. The molecule has 0 radical (unpaired) electrons. The van der Waals surface area contributed by atoms with Crippen LogP contribution < -0.4 is 5.32 Å². The minimum absolute atomic E-state index is 0.0108. The monoisotopic (exact) mass is 265 g/mol. The lowest BCUT2D eigenvalue weighted by atomic mass is 10.1. The highest BCUT2D eigenvalue weighted by molar-refractivity contribution is 5.20. The summed E-state index contributed by atoms with van der Waals surface area (Å²) in [7, 11) is 0. The predicted octanol–water partition coefficient (Wildman–Crippen LogP) is 3.33. The lowest BCUT2D eigenvalue weighted by Crippen LogP contribution is -2.21. The maximum atomic E-state index is 5.66. The van der Waals surface area contributed by atoms with E-state index in [9.17, 15) is 0 Å². The van der Waals surface area contributed by atoms with Crippen LogP contribution in [0.1, 0.15) is 69.8 Å². The molecule has 108 valence electrons. The lowest BCUT2D eigenvalue weighted by Gasteiger charge is -2.18. The van der Waals surface area contributed by atoms with Crippen molar-refractivity contribution in [1.82, 2.24) is 15.3 Å². The Labute approximate surface area is 117 Å². The number of nitrogens with zero attached hydrogens (tertiary/aromatic N) is 2. The van der Waals surface area contributed by atoms with Crippen molar-refractivity contribution in [2.45, 2.75) is 59.6 Å². The molecule has 4 heteroatoms. The first kappa shape index (κ1) is 16.1. The van der Waals surface area contributed by atoms with Crippen LogP contribution in [0.2, 0.25) is 0 Å². The first-order chi connectivity index (χ1) is 9.13. The first-order valence-corrected chi connectivity index (χ1v) is 7.32. The van der Waals surface area contributed by atoms with E-state index in [2.05, 4.69) is 36.1 Å². The van der Waals surface area contributed by atoms with Crippen molar-refractivity contribution in [2.24, 2.45) is 0 Å². The summed E-state index contributed by atoms with van der Waals surface area (Å²) in [5.41, 5.74) is 2.21. The molecular formula is C15H27N3O. The molecule has 0 aromatic carbocycles. The van der Waals surface area contributed by atoms with Gasteiger partial charge in [0.25, 0.3) is 0 Å². The molecule has 0 bridgehead atoms. The van der Waals surface area contributed by atoms with Gasteiger partial charge < -0.3 is 10.1 Å². The molecule has 19 heavy (non-hydrogen) atoms. The summed E-state index contributed by atoms with van der Waals surface area (Å²) < 4.78 is 5.66. The van der Waals surface area contributed by atoms with Crippen LogP contribution in [0.4, 0.5) is 0 Å². The summed E-state index contributed by atoms with van der Waals surface area (Å²) in [5.74, 6) is 0.799. The summed E-state index contributed by atoms with van der Waals surface area (Å²) in [4.78, 5) is 9.10. The molecule has 0 aliphatic heterocycles. The van der Waals surface area contributed by atoms with Crippen molar-refractivity contribution in [2.75, 3.05) is 13.2 Å². The van der Waals surface area contributed by atoms with Crippen molar-refractivity contribution >= 4 is 0 Å². The molecule has 0 aliphatic rings. The van der Waals surface area contributed by atoms with Gasteiger partial charge in [-0.2, -0.15) is 0 Å². The predicted molar refractivity (Wildman–Crippen MR) is 78.1 cm³/mol. The second-order valence-electron chi connectivity index (χ2n) is 4.80. The van der Waals surface area contributed by atoms with E-state index in [1.807, 2.05) is 20.0 Å². The number of rotatable bonds is 8. The van der Waals surface area contributed by atoms with Gasteiger partial charge in [0.1, 0.15) is 6.10 Å². The molecule has 0 fully saturated rings. The minimum Gasteiger partial charge on any atom is -0.371 e. The molecular weight excluding hydrogens is 238 g/mol. The molecule has 2 unspecified atom stereocenters. The molecule has 0 amide bonds. The van der Waals surface area contributed by atoms with E-state index in [0.29, 0.717) is 12.6 Å². The van der Waals surface area contributed by atoms with Gasteiger partial charge in [0.15, 0.2) is 5.82 Å². The quantitative estimate of drug-likeness (QED) is 0.783. The van der Waals surface area contributed by atoms with Gasteiger partial charge in [-0.3, -0.25) is 0 Å².